The number of hydrogen-bond donors (Lipinski definition) is 2. The minimum absolute atomic E-state index is 0.144. The molecular formula is C19H21FN2O. The van der Waals surface area contributed by atoms with Gasteiger partial charge in [-0.3, -0.25) is 0 Å². The predicted molar refractivity (Wildman–Crippen MR) is 91.9 cm³/mol. The first-order valence-corrected chi connectivity index (χ1v) is 7.78. The Hall–Kier alpha value is -2.49. The molecule has 0 aliphatic carbocycles. The summed E-state index contributed by atoms with van der Waals surface area (Å²) in [5, 5.41) is 3.18. The minimum atomic E-state index is -0.144. The second-order valence-corrected chi connectivity index (χ2v) is 5.89. The summed E-state index contributed by atoms with van der Waals surface area (Å²) < 4.78 is 20.1. The van der Waals surface area contributed by atoms with Gasteiger partial charge < -0.3 is 15.8 Å². The highest BCUT2D eigenvalue weighted by atomic mass is 19.1. The molecule has 0 saturated heterocycles. The van der Waals surface area contributed by atoms with Crippen LogP contribution in [-0.2, 0) is 13.0 Å². The summed E-state index contributed by atoms with van der Waals surface area (Å²) in [4.78, 5) is 0. The van der Waals surface area contributed by atoms with E-state index in [4.69, 9.17) is 10.5 Å². The number of aryl methyl sites for hydroxylation is 1. The maximum atomic E-state index is 14.2. The first-order valence-electron chi connectivity index (χ1n) is 7.78. The van der Waals surface area contributed by atoms with Crippen LogP contribution in [0, 0.1) is 12.7 Å². The Morgan fingerprint density at radius 3 is 2.78 bits per heavy atom. The van der Waals surface area contributed by atoms with Crippen LogP contribution < -0.4 is 15.8 Å². The van der Waals surface area contributed by atoms with E-state index in [-0.39, 0.29) is 5.82 Å². The average molecular weight is 312 g/mol. The lowest BCUT2D eigenvalue weighted by molar-refractivity contribution is 0.304. The molecule has 3 nitrogen and oxygen atoms in total. The number of hydrogen-bond acceptors (Lipinski definition) is 3. The van der Waals surface area contributed by atoms with Crippen molar-refractivity contribution in [3.63, 3.8) is 0 Å². The van der Waals surface area contributed by atoms with Gasteiger partial charge in [-0.1, -0.05) is 6.58 Å². The Balaban J connectivity index is 1.80. The molecular weight excluding hydrogens is 291 g/mol. The molecule has 1 heterocycles. The quantitative estimate of drug-likeness (QED) is 0.897. The van der Waals surface area contributed by atoms with E-state index in [1.165, 1.54) is 0 Å². The molecule has 2 aromatic rings. The van der Waals surface area contributed by atoms with E-state index in [0.717, 1.165) is 41.8 Å². The Morgan fingerprint density at radius 1 is 1.35 bits per heavy atom. The number of anilines is 1. The van der Waals surface area contributed by atoms with Gasteiger partial charge in [0, 0.05) is 12.2 Å². The molecule has 0 bridgehead atoms. The van der Waals surface area contributed by atoms with E-state index < -0.39 is 0 Å². The van der Waals surface area contributed by atoms with Gasteiger partial charge in [-0.05, 0) is 72.4 Å². The van der Waals surface area contributed by atoms with E-state index in [0.29, 0.717) is 23.6 Å². The first-order chi connectivity index (χ1) is 11.1. The molecule has 0 saturated carbocycles. The highest BCUT2D eigenvalue weighted by molar-refractivity contribution is 5.61. The Kier molecular flexibility index (Phi) is 4.24. The number of rotatable bonds is 4. The maximum absolute atomic E-state index is 14.2. The molecule has 0 amide bonds. The molecule has 0 radical (unpaired) electrons. The van der Waals surface area contributed by atoms with Gasteiger partial charge in [0.25, 0.3) is 0 Å². The lowest BCUT2D eigenvalue weighted by atomic mass is 9.95. The van der Waals surface area contributed by atoms with E-state index in [1.54, 1.807) is 6.92 Å². The largest absolute Gasteiger partial charge is 0.489 e. The average Bonchev–Trinajstić information content (AvgIpc) is 2.57. The number of fused-ring (bicyclic) bond motifs is 1. The van der Waals surface area contributed by atoms with Crippen LogP contribution in [0.5, 0.6) is 5.75 Å². The van der Waals surface area contributed by atoms with Crippen molar-refractivity contribution in [1.82, 2.24) is 0 Å². The lowest BCUT2D eigenvalue weighted by Crippen LogP contribution is -2.17. The van der Waals surface area contributed by atoms with Crippen molar-refractivity contribution in [2.24, 2.45) is 5.73 Å². The molecule has 4 heteroatoms. The van der Waals surface area contributed by atoms with Crippen LogP contribution in [0.3, 0.4) is 0 Å². The van der Waals surface area contributed by atoms with Gasteiger partial charge in [-0.15, -0.1) is 0 Å². The highest BCUT2D eigenvalue weighted by Crippen LogP contribution is 2.31. The second-order valence-electron chi connectivity index (χ2n) is 5.89. The summed E-state index contributed by atoms with van der Waals surface area (Å²) in [6.07, 6.45) is 1.89. The fraction of sp³-hybridized carbons (Fsp3) is 0.263. The zero-order valence-corrected chi connectivity index (χ0v) is 13.3. The van der Waals surface area contributed by atoms with Crippen LogP contribution in [-0.4, -0.2) is 6.54 Å². The van der Waals surface area contributed by atoms with Crippen LogP contribution in [0.4, 0.5) is 10.1 Å². The number of nitrogens with two attached hydrogens (primary N) is 1. The lowest BCUT2D eigenvalue weighted by Gasteiger charge is -2.23. The third-order valence-corrected chi connectivity index (χ3v) is 4.17. The van der Waals surface area contributed by atoms with E-state index in [9.17, 15) is 4.39 Å². The molecule has 120 valence electrons. The molecule has 2 aromatic carbocycles. The summed E-state index contributed by atoms with van der Waals surface area (Å²) in [7, 11) is 0. The number of nitrogens with one attached hydrogen (secondary N) is 1. The molecule has 0 atom stereocenters. The molecule has 1 aliphatic heterocycles. The van der Waals surface area contributed by atoms with Gasteiger partial charge in [0.2, 0.25) is 0 Å². The Labute approximate surface area is 136 Å². The SMILES string of the molecule is C=C(N)c1ccc(OCc2cc(C)c(F)c3c2CCCN3)cc1. The molecule has 0 aromatic heterocycles. The van der Waals surface area contributed by atoms with E-state index >= 15 is 0 Å². The van der Waals surface area contributed by atoms with Crippen LogP contribution >= 0.6 is 0 Å². The summed E-state index contributed by atoms with van der Waals surface area (Å²) >= 11 is 0. The highest BCUT2D eigenvalue weighted by Gasteiger charge is 2.19. The summed E-state index contributed by atoms with van der Waals surface area (Å²) in [6.45, 7) is 6.74. The molecule has 1 aliphatic rings. The standard InChI is InChI=1S/C19H21FN2O/c1-12-10-15(17-4-3-9-22-19(17)18(12)20)11-23-16-7-5-14(6-8-16)13(2)21/h5-8,10,22H,2-4,9,11,21H2,1H3. The van der Waals surface area contributed by atoms with Gasteiger partial charge >= 0.3 is 0 Å². The van der Waals surface area contributed by atoms with Crippen LogP contribution in [0.1, 0.15) is 28.7 Å². The van der Waals surface area contributed by atoms with Gasteiger partial charge in [-0.25, -0.2) is 4.39 Å². The van der Waals surface area contributed by atoms with Crippen LogP contribution in [0.15, 0.2) is 36.9 Å². The first kappa shape index (κ1) is 15.4. The summed E-state index contributed by atoms with van der Waals surface area (Å²) in [5.41, 5.74) is 10.4. The van der Waals surface area contributed by atoms with Gasteiger partial charge in [0.1, 0.15) is 18.2 Å². The number of ether oxygens (including phenoxy) is 1. The van der Waals surface area contributed by atoms with Gasteiger partial charge in [0.15, 0.2) is 0 Å². The van der Waals surface area contributed by atoms with Crippen molar-refractivity contribution in [3.8, 4) is 5.75 Å². The third kappa shape index (κ3) is 3.16. The number of halogens is 1. The van der Waals surface area contributed by atoms with Crippen LogP contribution in [0.25, 0.3) is 5.70 Å². The fourth-order valence-corrected chi connectivity index (χ4v) is 2.91. The van der Waals surface area contributed by atoms with Crippen molar-refractivity contribution in [1.29, 1.82) is 0 Å². The predicted octanol–water partition coefficient (Wildman–Crippen LogP) is 4.00. The molecule has 3 N–H and O–H groups in total. The smallest absolute Gasteiger partial charge is 0.149 e. The normalized spacial score (nSPS) is 13.1. The summed E-state index contributed by atoms with van der Waals surface area (Å²) in [6, 6.07) is 9.38. The monoisotopic (exact) mass is 312 g/mol. The van der Waals surface area contributed by atoms with Crippen molar-refractivity contribution in [2.75, 3.05) is 11.9 Å². The molecule has 0 fully saturated rings. The van der Waals surface area contributed by atoms with Crippen molar-refractivity contribution in [3.05, 3.63) is 65.0 Å². The summed E-state index contributed by atoms with van der Waals surface area (Å²) in [5.74, 6) is 0.615. The molecule has 23 heavy (non-hydrogen) atoms. The second kappa shape index (κ2) is 6.32. The van der Waals surface area contributed by atoms with Gasteiger partial charge in [-0.2, -0.15) is 0 Å². The van der Waals surface area contributed by atoms with E-state index in [1.807, 2.05) is 30.3 Å². The Morgan fingerprint density at radius 2 is 2.09 bits per heavy atom. The van der Waals surface area contributed by atoms with Crippen LogP contribution in [0.2, 0.25) is 0 Å². The van der Waals surface area contributed by atoms with E-state index in [2.05, 4.69) is 11.9 Å². The molecule has 0 spiro atoms. The molecule has 0 unspecified atom stereocenters. The molecule has 3 rings (SSSR count). The van der Waals surface area contributed by atoms with Crippen molar-refractivity contribution < 1.29 is 9.13 Å². The Bertz CT molecular complexity index is 738. The maximum Gasteiger partial charge on any atom is 0.149 e. The fourth-order valence-electron chi connectivity index (χ4n) is 2.91. The zero-order chi connectivity index (χ0) is 16.4. The topological polar surface area (TPSA) is 47.3 Å². The number of benzene rings is 2. The zero-order valence-electron chi connectivity index (χ0n) is 13.3. The van der Waals surface area contributed by atoms with Crippen molar-refractivity contribution in [2.45, 2.75) is 26.4 Å². The third-order valence-electron chi connectivity index (χ3n) is 4.17. The van der Waals surface area contributed by atoms with Gasteiger partial charge in [0.05, 0.1) is 5.69 Å². The minimum Gasteiger partial charge on any atom is -0.489 e. The van der Waals surface area contributed by atoms with Crippen molar-refractivity contribution >= 4 is 11.4 Å².